The van der Waals surface area contributed by atoms with Gasteiger partial charge in [0.1, 0.15) is 17.6 Å². The molecule has 1 atom stereocenters. The van der Waals surface area contributed by atoms with Crippen molar-refractivity contribution in [2.24, 2.45) is 0 Å². The van der Waals surface area contributed by atoms with E-state index in [-0.39, 0.29) is 6.10 Å². The SMILES string of the molecule is CNCC1Cc2cc(Cl)cc(-c3ccccc3OC)c2O1. The Labute approximate surface area is 129 Å². The van der Waals surface area contributed by atoms with Gasteiger partial charge in [0.2, 0.25) is 0 Å². The van der Waals surface area contributed by atoms with Gasteiger partial charge in [-0.05, 0) is 30.8 Å². The Morgan fingerprint density at radius 2 is 2.10 bits per heavy atom. The summed E-state index contributed by atoms with van der Waals surface area (Å²) in [7, 11) is 3.61. The Morgan fingerprint density at radius 1 is 1.29 bits per heavy atom. The first-order valence-electron chi connectivity index (χ1n) is 7.00. The number of rotatable bonds is 4. The number of halogens is 1. The number of fused-ring (bicyclic) bond motifs is 1. The zero-order chi connectivity index (χ0) is 14.8. The van der Waals surface area contributed by atoms with Crippen molar-refractivity contribution in [2.75, 3.05) is 20.7 Å². The first-order valence-corrected chi connectivity index (χ1v) is 7.37. The van der Waals surface area contributed by atoms with Crippen molar-refractivity contribution in [3.05, 3.63) is 47.0 Å². The molecule has 2 aromatic rings. The zero-order valence-corrected chi connectivity index (χ0v) is 12.9. The fraction of sp³-hybridized carbons (Fsp3) is 0.294. The first kappa shape index (κ1) is 14.2. The number of nitrogens with one attached hydrogen (secondary N) is 1. The standard InChI is InChI=1S/C17H18ClNO2/c1-19-10-13-8-11-7-12(18)9-15(17(11)21-13)14-5-3-4-6-16(14)20-2/h3-7,9,13,19H,8,10H2,1-2H3. The molecule has 0 fully saturated rings. The minimum atomic E-state index is 0.150. The van der Waals surface area contributed by atoms with Crippen LogP contribution in [0.4, 0.5) is 0 Å². The Kier molecular flexibility index (Phi) is 4.04. The van der Waals surface area contributed by atoms with Crippen molar-refractivity contribution in [1.29, 1.82) is 0 Å². The minimum Gasteiger partial charge on any atom is -0.496 e. The summed E-state index contributed by atoms with van der Waals surface area (Å²) in [5.41, 5.74) is 3.15. The highest BCUT2D eigenvalue weighted by Gasteiger charge is 2.27. The van der Waals surface area contributed by atoms with Gasteiger partial charge in [0.15, 0.2) is 0 Å². The minimum absolute atomic E-state index is 0.150. The molecule has 3 nitrogen and oxygen atoms in total. The average molecular weight is 304 g/mol. The molecule has 3 rings (SSSR count). The lowest BCUT2D eigenvalue weighted by molar-refractivity contribution is 0.232. The summed E-state index contributed by atoms with van der Waals surface area (Å²) in [6.45, 7) is 0.817. The third-order valence-electron chi connectivity index (χ3n) is 3.69. The number of likely N-dealkylation sites (N-methyl/N-ethyl adjacent to an activating group) is 1. The Balaban J connectivity index is 2.09. The van der Waals surface area contributed by atoms with Gasteiger partial charge in [0.05, 0.1) is 7.11 Å². The number of hydrogen-bond acceptors (Lipinski definition) is 3. The molecular formula is C17H18ClNO2. The molecule has 1 heterocycles. The van der Waals surface area contributed by atoms with Crippen molar-refractivity contribution in [1.82, 2.24) is 5.32 Å². The van der Waals surface area contributed by atoms with Crippen molar-refractivity contribution in [3.8, 4) is 22.6 Å². The van der Waals surface area contributed by atoms with Crippen LogP contribution in [0, 0.1) is 0 Å². The highest BCUT2D eigenvalue weighted by Crippen LogP contribution is 2.43. The predicted molar refractivity (Wildman–Crippen MR) is 85.5 cm³/mol. The van der Waals surface area contributed by atoms with E-state index in [2.05, 4.69) is 5.32 Å². The lowest BCUT2D eigenvalue weighted by atomic mass is 10.00. The van der Waals surface area contributed by atoms with Gasteiger partial charge in [0.25, 0.3) is 0 Å². The van der Waals surface area contributed by atoms with Crippen molar-refractivity contribution in [3.63, 3.8) is 0 Å². The Morgan fingerprint density at radius 3 is 2.86 bits per heavy atom. The van der Waals surface area contributed by atoms with E-state index in [1.165, 1.54) is 0 Å². The summed E-state index contributed by atoms with van der Waals surface area (Å²) in [6.07, 6.45) is 1.02. The molecule has 0 saturated heterocycles. The van der Waals surface area contributed by atoms with E-state index in [1.54, 1.807) is 7.11 Å². The molecule has 0 amide bonds. The molecule has 2 aromatic carbocycles. The Bertz CT molecular complexity index is 657. The molecule has 0 saturated carbocycles. The molecule has 21 heavy (non-hydrogen) atoms. The van der Waals surface area contributed by atoms with Crippen LogP contribution in [-0.2, 0) is 6.42 Å². The van der Waals surface area contributed by atoms with E-state index in [1.807, 2.05) is 43.4 Å². The van der Waals surface area contributed by atoms with Crippen LogP contribution in [0.15, 0.2) is 36.4 Å². The summed E-state index contributed by atoms with van der Waals surface area (Å²) < 4.78 is 11.6. The van der Waals surface area contributed by atoms with Gasteiger partial charge in [-0.3, -0.25) is 0 Å². The fourth-order valence-electron chi connectivity index (χ4n) is 2.80. The number of hydrogen-bond donors (Lipinski definition) is 1. The third kappa shape index (κ3) is 2.71. The molecule has 1 aliphatic rings. The van der Waals surface area contributed by atoms with Crippen LogP contribution < -0.4 is 14.8 Å². The van der Waals surface area contributed by atoms with Gasteiger partial charge < -0.3 is 14.8 Å². The van der Waals surface area contributed by atoms with E-state index in [4.69, 9.17) is 21.1 Å². The summed E-state index contributed by atoms with van der Waals surface area (Å²) in [5.74, 6) is 1.74. The molecule has 0 bridgehead atoms. The normalized spacial score (nSPS) is 16.4. The van der Waals surface area contributed by atoms with Crippen LogP contribution >= 0.6 is 11.6 Å². The maximum absolute atomic E-state index is 6.29. The van der Waals surface area contributed by atoms with Gasteiger partial charge in [0, 0.05) is 29.1 Å². The van der Waals surface area contributed by atoms with Gasteiger partial charge in [-0.2, -0.15) is 0 Å². The van der Waals surface area contributed by atoms with Gasteiger partial charge >= 0.3 is 0 Å². The lowest BCUT2D eigenvalue weighted by Gasteiger charge is -2.14. The van der Waals surface area contributed by atoms with Crippen molar-refractivity contribution < 1.29 is 9.47 Å². The molecule has 0 spiro atoms. The van der Waals surface area contributed by atoms with Gasteiger partial charge in [-0.15, -0.1) is 0 Å². The second-order valence-electron chi connectivity index (χ2n) is 5.14. The van der Waals surface area contributed by atoms with Crippen molar-refractivity contribution >= 4 is 11.6 Å². The second kappa shape index (κ2) is 5.96. The number of benzene rings is 2. The summed E-state index contributed by atoms with van der Waals surface area (Å²) in [6, 6.07) is 11.9. The van der Waals surface area contributed by atoms with Crippen LogP contribution in [0.2, 0.25) is 5.02 Å². The van der Waals surface area contributed by atoms with Crippen LogP contribution in [-0.4, -0.2) is 26.8 Å². The van der Waals surface area contributed by atoms with Gasteiger partial charge in [-0.25, -0.2) is 0 Å². The first-order chi connectivity index (χ1) is 10.2. The largest absolute Gasteiger partial charge is 0.496 e. The van der Waals surface area contributed by atoms with E-state index >= 15 is 0 Å². The van der Waals surface area contributed by atoms with E-state index in [0.717, 1.165) is 46.2 Å². The molecule has 0 aromatic heterocycles. The topological polar surface area (TPSA) is 30.5 Å². The molecule has 4 heteroatoms. The molecular weight excluding hydrogens is 286 g/mol. The maximum atomic E-state index is 6.29. The van der Waals surface area contributed by atoms with Crippen LogP contribution in [0.1, 0.15) is 5.56 Å². The molecule has 1 N–H and O–H groups in total. The molecule has 1 unspecified atom stereocenters. The van der Waals surface area contributed by atoms with E-state index in [9.17, 15) is 0 Å². The summed E-state index contributed by atoms with van der Waals surface area (Å²) in [4.78, 5) is 0. The van der Waals surface area contributed by atoms with E-state index in [0.29, 0.717) is 0 Å². The molecule has 110 valence electrons. The highest BCUT2D eigenvalue weighted by atomic mass is 35.5. The van der Waals surface area contributed by atoms with Crippen LogP contribution in [0.25, 0.3) is 11.1 Å². The zero-order valence-electron chi connectivity index (χ0n) is 12.2. The maximum Gasteiger partial charge on any atom is 0.131 e. The Hall–Kier alpha value is -1.71. The monoisotopic (exact) mass is 303 g/mol. The number of para-hydroxylation sites is 1. The lowest BCUT2D eigenvalue weighted by Crippen LogP contribution is -2.27. The van der Waals surface area contributed by atoms with E-state index < -0.39 is 0 Å². The van der Waals surface area contributed by atoms with Crippen molar-refractivity contribution in [2.45, 2.75) is 12.5 Å². The quantitative estimate of drug-likeness (QED) is 0.937. The highest BCUT2D eigenvalue weighted by molar-refractivity contribution is 6.31. The summed E-state index contributed by atoms with van der Waals surface area (Å²) in [5, 5.41) is 3.88. The number of methoxy groups -OCH3 is 1. The molecule has 0 radical (unpaired) electrons. The third-order valence-corrected chi connectivity index (χ3v) is 3.91. The average Bonchev–Trinajstić information content (AvgIpc) is 2.89. The predicted octanol–water partition coefficient (Wildman–Crippen LogP) is 3.54. The molecule has 1 aliphatic heterocycles. The smallest absolute Gasteiger partial charge is 0.131 e. The summed E-state index contributed by atoms with van der Waals surface area (Å²) >= 11 is 6.29. The second-order valence-corrected chi connectivity index (χ2v) is 5.58. The van der Waals surface area contributed by atoms with Crippen LogP contribution in [0.5, 0.6) is 11.5 Å². The fourth-order valence-corrected chi connectivity index (χ4v) is 3.04. The molecule has 0 aliphatic carbocycles. The number of ether oxygens (including phenoxy) is 2. The van der Waals surface area contributed by atoms with Crippen LogP contribution in [0.3, 0.4) is 0 Å². The van der Waals surface area contributed by atoms with Gasteiger partial charge in [-0.1, -0.05) is 29.8 Å².